The SMILES string of the molecule is CCCN1C(=O)/C(=C\C(=O)c2cccs2)c2ccccc21. The molecular weight excluding hydrogens is 282 g/mol. The van der Waals surface area contributed by atoms with E-state index in [1.807, 2.05) is 42.6 Å². The second kappa shape index (κ2) is 5.66. The fraction of sp³-hybridized carbons (Fsp3) is 0.176. The molecular formula is C17H15NO2S. The second-order valence-electron chi connectivity index (χ2n) is 4.87. The van der Waals surface area contributed by atoms with E-state index in [2.05, 4.69) is 0 Å². The lowest BCUT2D eigenvalue weighted by molar-refractivity contribution is -0.113. The standard InChI is InChI=1S/C17H15NO2S/c1-2-9-18-14-7-4-3-6-12(14)13(17(18)20)11-15(19)16-8-5-10-21-16/h3-8,10-11H,2,9H2,1H3/b13-11-. The summed E-state index contributed by atoms with van der Waals surface area (Å²) in [5.41, 5.74) is 2.24. The minimum Gasteiger partial charge on any atom is -0.308 e. The Hall–Kier alpha value is -2.20. The largest absolute Gasteiger partial charge is 0.308 e. The van der Waals surface area contributed by atoms with E-state index in [-0.39, 0.29) is 11.7 Å². The predicted octanol–water partition coefficient (Wildman–Crippen LogP) is 3.77. The van der Waals surface area contributed by atoms with Gasteiger partial charge in [-0.05, 0) is 23.9 Å². The molecule has 1 amide bonds. The monoisotopic (exact) mass is 297 g/mol. The van der Waals surface area contributed by atoms with Crippen molar-refractivity contribution in [2.45, 2.75) is 13.3 Å². The minimum atomic E-state index is -0.110. The summed E-state index contributed by atoms with van der Waals surface area (Å²) in [7, 11) is 0. The van der Waals surface area contributed by atoms with E-state index >= 15 is 0 Å². The number of ketones is 1. The summed E-state index contributed by atoms with van der Waals surface area (Å²) < 4.78 is 0. The van der Waals surface area contributed by atoms with Crippen molar-refractivity contribution in [2.24, 2.45) is 0 Å². The number of hydrogen-bond donors (Lipinski definition) is 0. The van der Waals surface area contributed by atoms with E-state index < -0.39 is 0 Å². The van der Waals surface area contributed by atoms with Gasteiger partial charge in [-0.3, -0.25) is 9.59 Å². The predicted molar refractivity (Wildman–Crippen MR) is 85.7 cm³/mol. The highest BCUT2D eigenvalue weighted by Crippen LogP contribution is 2.36. The van der Waals surface area contributed by atoms with Crippen LogP contribution in [-0.2, 0) is 4.79 Å². The molecule has 0 atom stereocenters. The van der Waals surface area contributed by atoms with Gasteiger partial charge in [0.2, 0.25) is 0 Å². The summed E-state index contributed by atoms with van der Waals surface area (Å²) in [6, 6.07) is 11.3. The lowest BCUT2D eigenvalue weighted by atomic mass is 10.1. The van der Waals surface area contributed by atoms with Crippen molar-refractivity contribution in [3.8, 4) is 0 Å². The van der Waals surface area contributed by atoms with Gasteiger partial charge in [0, 0.05) is 18.2 Å². The molecule has 106 valence electrons. The van der Waals surface area contributed by atoms with Crippen LogP contribution in [0.15, 0.2) is 47.9 Å². The average Bonchev–Trinajstić information content (AvgIpc) is 3.11. The number of allylic oxidation sites excluding steroid dienone is 1. The number of anilines is 1. The van der Waals surface area contributed by atoms with Gasteiger partial charge >= 0.3 is 0 Å². The molecule has 0 bridgehead atoms. The normalized spacial score (nSPS) is 15.6. The van der Waals surface area contributed by atoms with Crippen LogP contribution < -0.4 is 4.90 Å². The Morgan fingerprint density at radius 3 is 2.76 bits per heavy atom. The van der Waals surface area contributed by atoms with Crippen molar-refractivity contribution in [2.75, 3.05) is 11.4 Å². The first kappa shape index (κ1) is 13.8. The molecule has 1 aromatic heterocycles. The van der Waals surface area contributed by atoms with Gasteiger partial charge in [-0.1, -0.05) is 31.2 Å². The van der Waals surface area contributed by atoms with Crippen LogP contribution >= 0.6 is 11.3 Å². The van der Waals surface area contributed by atoms with Gasteiger partial charge in [0.05, 0.1) is 16.1 Å². The maximum Gasteiger partial charge on any atom is 0.259 e. The Balaban J connectivity index is 2.03. The maximum absolute atomic E-state index is 12.6. The smallest absolute Gasteiger partial charge is 0.259 e. The number of para-hydroxylation sites is 1. The lowest BCUT2D eigenvalue weighted by Crippen LogP contribution is -2.27. The molecule has 0 saturated heterocycles. The molecule has 4 heteroatoms. The Bertz CT molecular complexity index is 716. The Morgan fingerprint density at radius 2 is 2.05 bits per heavy atom. The van der Waals surface area contributed by atoms with Gasteiger partial charge in [-0.25, -0.2) is 0 Å². The summed E-state index contributed by atoms with van der Waals surface area (Å²) in [4.78, 5) is 27.2. The molecule has 2 aromatic rings. The first-order valence-electron chi connectivity index (χ1n) is 6.93. The number of amides is 1. The average molecular weight is 297 g/mol. The van der Waals surface area contributed by atoms with Crippen LogP contribution in [0.3, 0.4) is 0 Å². The van der Waals surface area contributed by atoms with E-state index in [4.69, 9.17) is 0 Å². The maximum atomic E-state index is 12.6. The molecule has 0 spiro atoms. The number of thiophene rings is 1. The third kappa shape index (κ3) is 2.43. The van der Waals surface area contributed by atoms with Crippen molar-refractivity contribution < 1.29 is 9.59 Å². The fourth-order valence-electron chi connectivity index (χ4n) is 2.51. The highest BCUT2D eigenvalue weighted by Gasteiger charge is 2.31. The Morgan fingerprint density at radius 1 is 1.24 bits per heavy atom. The van der Waals surface area contributed by atoms with Crippen LogP contribution in [0.2, 0.25) is 0 Å². The van der Waals surface area contributed by atoms with Gasteiger partial charge in [0.25, 0.3) is 5.91 Å². The summed E-state index contributed by atoms with van der Waals surface area (Å²) in [6.07, 6.45) is 2.36. The molecule has 0 N–H and O–H groups in total. The van der Waals surface area contributed by atoms with Crippen molar-refractivity contribution in [1.29, 1.82) is 0 Å². The first-order chi connectivity index (χ1) is 10.2. The molecule has 3 nitrogen and oxygen atoms in total. The van der Waals surface area contributed by atoms with Crippen LogP contribution in [0.1, 0.15) is 28.6 Å². The third-order valence-electron chi connectivity index (χ3n) is 3.45. The third-order valence-corrected chi connectivity index (χ3v) is 4.33. The molecule has 1 aliphatic rings. The zero-order valence-electron chi connectivity index (χ0n) is 11.7. The molecule has 0 fully saturated rings. The summed E-state index contributed by atoms with van der Waals surface area (Å²) >= 11 is 1.39. The minimum absolute atomic E-state index is 0.0806. The van der Waals surface area contributed by atoms with Crippen molar-refractivity contribution in [3.63, 3.8) is 0 Å². The van der Waals surface area contributed by atoms with E-state index in [9.17, 15) is 9.59 Å². The summed E-state index contributed by atoms with van der Waals surface area (Å²) in [5.74, 6) is -0.190. The quantitative estimate of drug-likeness (QED) is 0.636. The number of fused-ring (bicyclic) bond motifs is 1. The second-order valence-corrected chi connectivity index (χ2v) is 5.82. The molecule has 21 heavy (non-hydrogen) atoms. The van der Waals surface area contributed by atoms with Crippen LogP contribution in [0.5, 0.6) is 0 Å². The van der Waals surface area contributed by atoms with E-state index in [1.165, 1.54) is 17.4 Å². The zero-order valence-corrected chi connectivity index (χ0v) is 12.5. The highest BCUT2D eigenvalue weighted by molar-refractivity contribution is 7.12. The number of carbonyl (C=O) groups is 2. The number of nitrogens with zero attached hydrogens (tertiary/aromatic N) is 1. The first-order valence-corrected chi connectivity index (χ1v) is 7.81. The highest BCUT2D eigenvalue weighted by atomic mass is 32.1. The molecule has 0 saturated carbocycles. The molecule has 3 rings (SSSR count). The van der Waals surface area contributed by atoms with E-state index in [0.717, 1.165) is 17.7 Å². The summed E-state index contributed by atoms with van der Waals surface area (Å²) in [6.45, 7) is 2.70. The van der Waals surface area contributed by atoms with Gasteiger partial charge in [0.1, 0.15) is 0 Å². The van der Waals surface area contributed by atoms with Gasteiger partial charge < -0.3 is 4.90 Å². The fourth-order valence-corrected chi connectivity index (χ4v) is 3.15. The molecule has 1 aliphatic heterocycles. The van der Waals surface area contributed by atoms with Crippen LogP contribution in [0, 0.1) is 0 Å². The van der Waals surface area contributed by atoms with E-state index in [0.29, 0.717) is 17.0 Å². The molecule has 2 heterocycles. The Kier molecular flexibility index (Phi) is 3.71. The van der Waals surface area contributed by atoms with Gasteiger partial charge in [0.15, 0.2) is 5.78 Å². The number of hydrogen-bond acceptors (Lipinski definition) is 3. The zero-order chi connectivity index (χ0) is 14.8. The van der Waals surface area contributed by atoms with Crippen molar-refractivity contribution in [1.82, 2.24) is 0 Å². The molecule has 0 unspecified atom stereocenters. The van der Waals surface area contributed by atoms with Crippen LogP contribution in [-0.4, -0.2) is 18.2 Å². The van der Waals surface area contributed by atoms with Crippen molar-refractivity contribution in [3.05, 3.63) is 58.3 Å². The molecule has 0 radical (unpaired) electrons. The van der Waals surface area contributed by atoms with Crippen LogP contribution in [0.4, 0.5) is 5.69 Å². The number of benzene rings is 1. The van der Waals surface area contributed by atoms with Crippen molar-refractivity contribution >= 4 is 34.3 Å². The van der Waals surface area contributed by atoms with Crippen LogP contribution in [0.25, 0.3) is 5.57 Å². The lowest BCUT2D eigenvalue weighted by Gasteiger charge is -2.15. The molecule has 0 aliphatic carbocycles. The number of carbonyl (C=O) groups excluding carboxylic acids is 2. The topological polar surface area (TPSA) is 37.4 Å². The van der Waals surface area contributed by atoms with Gasteiger partial charge in [-0.2, -0.15) is 0 Å². The van der Waals surface area contributed by atoms with Gasteiger partial charge in [-0.15, -0.1) is 11.3 Å². The number of rotatable bonds is 4. The Labute approximate surface area is 127 Å². The summed E-state index contributed by atoms with van der Waals surface area (Å²) in [5, 5.41) is 1.86. The van der Waals surface area contributed by atoms with E-state index in [1.54, 1.807) is 11.0 Å². The molecule has 1 aromatic carbocycles.